The highest BCUT2D eigenvalue weighted by Gasteiger charge is 2.45. The summed E-state index contributed by atoms with van der Waals surface area (Å²) >= 11 is 0. The number of Topliss-reactive ketones (excluding diaryl/α,β-unsaturated/α-hetero) is 1. The number of cyclic esters (lactones) is 1. The zero-order chi connectivity index (χ0) is 51.7. The number of nitrogens with zero attached hydrogens (tertiary/aromatic N) is 2. The molecule has 3 rings (SSSR count). The number of hydrogen-bond acceptors (Lipinski definition) is 18. The Morgan fingerprint density at radius 1 is 0.900 bits per heavy atom. The van der Waals surface area contributed by atoms with Crippen LogP contribution in [0.3, 0.4) is 0 Å². The molecule has 0 aromatic carbocycles. The van der Waals surface area contributed by atoms with E-state index >= 15 is 0 Å². The van der Waals surface area contributed by atoms with E-state index in [-0.39, 0.29) is 37.9 Å². The maximum Gasteiger partial charge on any atom is 0.481 e. The van der Waals surface area contributed by atoms with Crippen LogP contribution in [0.1, 0.15) is 155 Å². The molecule has 0 radical (unpaired) electrons. The topological polar surface area (TPSA) is 323 Å². The van der Waals surface area contributed by atoms with Crippen molar-refractivity contribution < 1.29 is 81.3 Å². The summed E-state index contributed by atoms with van der Waals surface area (Å²) in [7, 11) is -11.3. The van der Waals surface area contributed by atoms with Crippen molar-refractivity contribution >= 4 is 39.2 Å². The first-order valence-electron chi connectivity index (χ1n) is 24.8. The van der Waals surface area contributed by atoms with Crippen molar-refractivity contribution in [2.45, 2.75) is 192 Å². The van der Waals surface area contributed by atoms with Gasteiger partial charge in [0.2, 0.25) is 0 Å². The third-order valence-corrected chi connectivity index (χ3v) is 14.7. The van der Waals surface area contributed by atoms with Gasteiger partial charge < -0.3 is 50.2 Å². The van der Waals surface area contributed by atoms with Crippen LogP contribution in [-0.2, 0) is 51.1 Å². The van der Waals surface area contributed by atoms with E-state index in [1.807, 2.05) is 6.92 Å². The van der Waals surface area contributed by atoms with Gasteiger partial charge in [-0.05, 0) is 44.1 Å². The molecule has 2 bridgehead atoms. The molecule has 1 fully saturated rings. The third-order valence-electron chi connectivity index (χ3n) is 12.1. The SMILES string of the molecule is CCCCC[C@H](O)C=C[C@@H]1[C@H](O)[C@H](O)[C@H]2COP(=O)(O)OP(=O)(O)OC[C@H](OC(=O)CCCCCCCCCCCC(C)C)COC(=O)CCC/C=C\C[C@@H](C(=O)C[C@H]1O)[C@H](n1ccc(N)nc1=O)O2. The molecule has 70 heavy (non-hydrogen) atoms. The molecule has 2 aliphatic heterocycles. The van der Waals surface area contributed by atoms with Gasteiger partial charge in [0.05, 0.1) is 37.4 Å². The number of aliphatic hydroxyl groups is 4. The van der Waals surface area contributed by atoms with Crippen molar-refractivity contribution in [3.05, 3.63) is 47.1 Å². The Bertz CT molecular complexity index is 1950. The molecular weight excluding hydrogens is 956 g/mol. The van der Waals surface area contributed by atoms with E-state index in [1.165, 1.54) is 43.9 Å². The molecule has 0 amide bonds. The number of nitrogens with two attached hydrogens (primary N) is 1. The van der Waals surface area contributed by atoms with Gasteiger partial charge in [-0.25, -0.2) is 13.9 Å². The molecule has 21 nitrogen and oxygen atoms in total. The summed E-state index contributed by atoms with van der Waals surface area (Å²) in [5, 5.41) is 45.5. The molecule has 23 heteroatoms. The van der Waals surface area contributed by atoms with E-state index in [1.54, 1.807) is 12.2 Å². The summed E-state index contributed by atoms with van der Waals surface area (Å²) in [6.45, 7) is 3.66. The Labute approximate surface area is 411 Å². The maximum absolute atomic E-state index is 14.2. The number of esters is 2. The van der Waals surface area contributed by atoms with Crippen LogP contribution in [0.2, 0.25) is 0 Å². The number of carbonyl (C=O) groups is 3. The number of fused-ring (bicyclic) bond motifs is 3. The second-order valence-electron chi connectivity index (χ2n) is 18.6. The fraction of sp³-hybridized carbons (Fsp3) is 0.766. The van der Waals surface area contributed by atoms with Gasteiger partial charge in [0.15, 0.2) is 6.10 Å². The molecule has 2 unspecified atom stereocenters. The van der Waals surface area contributed by atoms with Gasteiger partial charge in [0, 0.05) is 31.4 Å². The van der Waals surface area contributed by atoms with Crippen LogP contribution in [0.5, 0.6) is 0 Å². The average Bonchev–Trinajstić information content (AvgIpc) is 3.28. The highest BCUT2D eigenvalue weighted by Crippen LogP contribution is 2.60. The number of ketones is 1. The summed E-state index contributed by atoms with van der Waals surface area (Å²) in [5.74, 6) is -4.44. The quantitative estimate of drug-likeness (QED) is 0.0327. The van der Waals surface area contributed by atoms with Gasteiger partial charge >= 0.3 is 33.3 Å². The first-order valence-corrected chi connectivity index (χ1v) is 27.8. The van der Waals surface area contributed by atoms with E-state index in [0.29, 0.717) is 25.2 Å². The van der Waals surface area contributed by atoms with Crippen LogP contribution in [-0.4, -0.2) is 114 Å². The number of nitrogen functional groups attached to an aromatic ring is 1. The smallest absolute Gasteiger partial charge is 0.462 e. The molecule has 8 N–H and O–H groups in total. The number of allylic oxidation sites excluding steroid dienone is 2. The normalized spacial score (nSPS) is 30.4. The molecule has 3 heterocycles. The van der Waals surface area contributed by atoms with Crippen LogP contribution in [0, 0.1) is 17.8 Å². The molecule has 0 saturated carbocycles. The predicted molar refractivity (Wildman–Crippen MR) is 257 cm³/mol. The molecular formula is C47H79N3O18P2. The van der Waals surface area contributed by atoms with Crippen molar-refractivity contribution in [3.63, 3.8) is 0 Å². The number of carbonyl (C=O) groups excluding carboxylic acids is 3. The Morgan fingerprint density at radius 3 is 2.20 bits per heavy atom. The molecule has 0 spiro atoms. The van der Waals surface area contributed by atoms with E-state index in [4.69, 9.17) is 29.0 Å². The highest BCUT2D eigenvalue weighted by molar-refractivity contribution is 7.61. The zero-order valence-electron chi connectivity index (χ0n) is 40.9. The van der Waals surface area contributed by atoms with Gasteiger partial charge in [-0.3, -0.25) is 28.0 Å². The van der Waals surface area contributed by atoms with Crippen molar-refractivity contribution in [1.82, 2.24) is 9.55 Å². The number of ether oxygens (including phenoxy) is 3. The minimum Gasteiger partial charge on any atom is -0.462 e. The molecule has 400 valence electrons. The number of aliphatic hydroxyl groups excluding tert-OH is 4. The Kier molecular flexibility index (Phi) is 28.0. The highest BCUT2D eigenvalue weighted by atomic mass is 31.3. The van der Waals surface area contributed by atoms with E-state index in [2.05, 4.69) is 23.1 Å². The summed E-state index contributed by atoms with van der Waals surface area (Å²) in [6.07, 6.45) is 7.45. The third kappa shape index (κ3) is 23.6. The predicted octanol–water partition coefficient (Wildman–Crippen LogP) is 6.28. The van der Waals surface area contributed by atoms with Crippen molar-refractivity contribution in [2.24, 2.45) is 17.8 Å². The minimum absolute atomic E-state index is 0.00345. The number of phosphoric acid groups is 2. The second kappa shape index (κ2) is 32.1. The average molecular weight is 1040 g/mol. The molecule has 2 aliphatic rings. The molecule has 1 aromatic heterocycles. The lowest BCUT2D eigenvalue weighted by atomic mass is 9.83. The van der Waals surface area contributed by atoms with Gasteiger partial charge in [-0.1, -0.05) is 122 Å². The fourth-order valence-corrected chi connectivity index (χ4v) is 10.2. The second-order valence-corrected chi connectivity index (χ2v) is 21.6. The first-order chi connectivity index (χ1) is 33.2. The van der Waals surface area contributed by atoms with Crippen LogP contribution >= 0.6 is 15.6 Å². The maximum atomic E-state index is 14.2. The fourth-order valence-electron chi connectivity index (χ4n) is 8.07. The van der Waals surface area contributed by atoms with Crippen molar-refractivity contribution in [3.8, 4) is 0 Å². The summed E-state index contributed by atoms with van der Waals surface area (Å²) in [6, 6.07) is 1.21. The van der Waals surface area contributed by atoms with E-state index < -0.39 is 120 Å². The molecule has 11 atom stereocenters. The number of phosphoric ester groups is 2. The number of anilines is 1. The summed E-state index contributed by atoms with van der Waals surface area (Å²) in [4.78, 5) is 78.3. The van der Waals surface area contributed by atoms with Crippen LogP contribution in [0.15, 0.2) is 41.4 Å². The van der Waals surface area contributed by atoms with Crippen molar-refractivity contribution in [2.75, 3.05) is 25.6 Å². The van der Waals surface area contributed by atoms with Crippen LogP contribution in [0.4, 0.5) is 5.82 Å². The van der Waals surface area contributed by atoms with Gasteiger partial charge in [0.1, 0.15) is 36.6 Å². The molecule has 1 saturated heterocycles. The van der Waals surface area contributed by atoms with E-state index in [9.17, 15) is 58.5 Å². The van der Waals surface area contributed by atoms with Crippen molar-refractivity contribution in [1.29, 1.82) is 0 Å². The summed E-state index contributed by atoms with van der Waals surface area (Å²) < 4.78 is 58.8. The van der Waals surface area contributed by atoms with Crippen LogP contribution < -0.4 is 11.4 Å². The number of aromatic nitrogens is 2. The lowest BCUT2D eigenvalue weighted by molar-refractivity contribution is -0.183. The standard InChI is InChI=1S/C47H79N3O18P2/c1-4-5-15-21-34(51)25-26-36-38(52)29-39(53)37-22-17-13-14-18-23-42(54)63-30-35(66-43(55)24-19-12-10-8-6-7-9-11-16-20-33(2)3)31-64-69(59,60)68-70(61,62)65-32-40(45(57)44(36)56)67-46(37)50-28-27-41(48)49-47(50)58/h13,17,25-28,33-38,40,44-46,51-52,56-57H,4-12,14-16,18-24,29-32H2,1-3H3,(H,59,60)(H,61,62)(H2,48,49,58)/b17-13-,26-25?/t34-,35+,36-,37-,38+,40+,44-,45+,46+/m0/s1. The van der Waals surface area contributed by atoms with Gasteiger partial charge in [-0.2, -0.15) is 9.29 Å². The Morgan fingerprint density at radius 2 is 1.54 bits per heavy atom. The first kappa shape index (κ1) is 61.1. The number of hydrogen-bond donors (Lipinski definition) is 7. The lowest BCUT2D eigenvalue weighted by Gasteiger charge is -2.38. The zero-order valence-corrected chi connectivity index (χ0v) is 42.7. The Hall–Kier alpha value is -3.17. The molecule has 0 aliphatic carbocycles. The Balaban J connectivity index is 1.87. The van der Waals surface area contributed by atoms with Crippen LogP contribution in [0.25, 0.3) is 0 Å². The number of unbranched alkanes of at least 4 members (excludes halogenated alkanes) is 10. The monoisotopic (exact) mass is 1040 g/mol. The van der Waals surface area contributed by atoms with Gasteiger partial charge in [0.25, 0.3) is 0 Å². The lowest BCUT2D eigenvalue weighted by Crippen LogP contribution is -2.51. The number of rotatable bonds is 20. The van der Waals surface area contributed by atoms with E-state index in [0.717, 1.165) is 55.7 Å². The molecule has 1 aromatic rings. The largest absolute Gasteiger partial charge is 0.481 e. The summed E-state index contributed by atoms with van der Waals surface area (Å²) in [5.41, 5.74) is 4.72. The minimum atomic E-state index is -5.72. The van der Waals surface area contributed by atoms with Gasteiger partial charge in [-0.15, -0.1) is 0 Å².